The van der Waals surface area contributed by atoms with Crippen molar-refractivity contribution in [2.24, 2.45) is 0 Å². The van der Waals surface area contributed by atoms with Crippen LogP contribution in [-0.2, 0) is 9.59 Å². The van der Waals surface area contributed by atoms with Gasteiger partial charge in [0.2, 0.25) is 0 Å². The summed E-state index contributed by atoms with van der Waals surface area (Å²) in [5, 5.41) is 0. The predicted octanol–water partition coefficient (Wildman–Crippen LogP) is 2.67. The Bertz CT molecular complexity index is 214. The number of carbonyl (C=O) groups is 2. The number of hydrogen-bond acceptors (Lipinski definition) is 2. The lowest BCUT2D eigenvalue weighted by Gasteiger charge is -2.02. The minimum atomic E-state index is 0.101. The molecule has 74 valence electrons. The van der Waals surface area contributed by atoms with Crippen molar-refractivity contribution in [3.05, 3.63) is 11.6 Å². The maximum absolute atomic E-state index is 11.3. The van der Waals surface area contributed by atoms with Crippen molar-refractivity contribution in [2.45, 2.75) is 46.5 Å². The van der Waals surface area contributed by atoms with Crippen LogP contribution in [0.15, 0.2) is 11.6 Å². The van der Waals surface area contributed by atoms with Crippen molar-refractivity contribution in [3.8, 4) is 0 Å². The highest BCUT2D eigenvalue weighted by Gasteiger charge is 2.09. The third-order valence-corrected chi connectivity index (χ3v) is 1.91. The van der Waals surface area contributed by atoms with E-state index in [1.54, 1.807) is 0 Å². The summed E-state index contributed by atoms with van der Waals surface area (Å²) in [4.78, 5) is 22.5. The number of rotatable bonds is 6. The van der Waals surface area contributed by atoms with Crippen molar-refractivity contribution in [3.63, 3.8) is 0 Å². The van der Waals surface area contributed by atoms with Gasteiger partial charge in [-0.05, 0) is 12.0 Å². The van der Waals surface area contributed by atoms with Crippen LogP contribution in [0.2, 0.25) is 0 Å². The second kappa shape index (κ2) is 6.58. The van der Waals surface area contributed by atoms with Crippen molar-refractivity contribution in [1.82, 2.24) is 0 Å². The van der Waals surface area contributed by atoms with E-state index < -0.39 is 0 Å². The largest absolute Gasteiger partial charge is 0.299 e. The number of carbonyl (C=O) groups excluding carboxylic acids is 2. The molecule has 0 unspecified atom stereocenters. The van der Waals surface area contributed by atoms with Gasteiger partial charge in [-0.3, -0.25) is 9.59 Å². The lowest BCUT2D eigenvalue weighted by atomic mass is 10.0. The first-order chi connectivity index (χ1) is 6.15. The summed E-state index contributed by atoms with van der Waals surface area (Å²) in [5.41, 5.74) is 0.692. The molecule has 0 spiro atoms. The zero-order valence-corrected chi connectivity index (χ0v) is 8.72. The molecule has 0 aromatic heterocycles. The van der Waals surface area contributed by atoms with Crippen LogP contribution in [0.4, 0.5) is 0 Å². The molecule has 13 heavy (non-hydrogen) atoms. The third-order valence-electron chi connectivity index (χ3n) is 1.91. The second-order valence-electron chi connectivity index (χ2n) is 2.98. The highest BCUT2D eigenvalue weighted by atomic mass is 16.1. The minimum Gasteiger partial charge on any atom is -0.299 e. The fourth-order valence-electron chi connectivity index (χ4n) is 1.10. The Morgan fingerprint density at radius 2 is 1.69 bits per heavy atom. The zero-order chi connectivity index (χ0) is 10.3. The van der Waals surface area contributed by atoms with Crippen LogP contribution in [-0.4, -0.2) is 11.6 Å². The quantitative estimate of drug-likeness (QED) is 0.592. The first-order valence-corrected chi connectivity index (χ1v) is 4.89. The zero-order valence-electron chi connectivity index (χ0n) is 8.72. The predicted molar refractivity (Wildman–Crippen MR) is 53.6 cm³/mol. The van der Waals surface area contributed by atoms with E-state index in [0.29, 0.717) is 24.8 Å². The summed E-state index contributed by atoms with van der Waals surface area (Å²) in [6, 6.07) is 0. The number of allylic oxidation sites excluding steroid dienone is 2. The van der Waals surface area contributed by atoms with Crippen LogP contribution in [0.25, 0.3) is 0 Å². The summed E-state index contributed by atoms with van der Waals surface area (Å²) >= 11 is 0. The van der Waals surface area contributed by atoms with Gasteiger partial charge in [0.1, 0.15) is 5.78 Å². The lowest BCUT2D eigenvalue weighted by Crippen LogP contribution is -2.06. The maximum Gasteiger partial charge on any atom is 0.158 e. The highest BCUT2D eigenvalue weighted by molar-refractivity contribution is 6.00. The Kier molecular flexibility index (Phi) is 6.11. The first-order valence-electron chi connectivity index (χ1n) is 4.89. The third kappa shape index (κ3) is 4.61. The van der Waals surface area contributed by atoms with E-state index in [1.165, 1.54) is 0 Å². The molecule has 0 amide bonds. The van der Waals surface area contributed by atoms with Gasteiger partial charge < -0.3 is 0 Å². The summed E-state index contributed by atoms with van der Waals surface area (Å²) in [7, 11) is 0. The van der Waals surface area contributed by atoms with Gasteiger partial charge in [0, 0.05) is 19.3 Å². The topological polar surface area (TPSA) is 34.1 Å². The molecule has 0 radical (unpaired) electrons. The molecule has 0 aromatic rings. The van der Waals surface area contributed by atoms with E-state index in [9.17, 15) is 9.59 Å². The Morgan fingerprint density at radius 3 is 2.08 bits per heavy atom. The molecule has 0 aromatic carbocycles. The van der Waals surface area contributed by atoms with Crippen molar-refractivity contribution in [1.29, 1.82) is 0 Å². The van der Waals surface area contributed by atoms with E-state index in [2.05, 4.69) is 0 Å². The molecule has 0 atom stereocenters. The molecular formula is C11H18O2. The number of hydrogen-bond donors (Lipinski definition) is 0. The van der Waals surface area contributed by atoms with Crippen LogP contribution in [0.1, 0.15) is 46.5 Å². The van der Waals surface area contributed by atoms with Crippen LogP contribution >= 0.6 is 0 Å². The van der Waals surface area contributed by atoms with E-state index in [-0.39, 0.29) is 11.6 Å². The van der Waals surface area contributed by atoms with Gasteiger partial charge in [-0.1, -0.05) is 26.8 Å². The van der Waals surface area contributed by atoms with E-state index in [1.807, 2.05) is 26.8 Å². The summed E-state index contributed by atoms with van der Waals surface area (Å²) < 4.78 is 0. The van der Waals surface area contributed by atoms with Gasteiger partial charge >= 0.3 is 0 Å². The molecule has 2 heteroatoms. The molecule has 0 N–H and O–H groups in total. The average molecular weight is 182 g/mol. The number of Topliss-reactive ketones (excluding diaryl/α,β-unsaturated/α-hetero) is 2. The van der Waals surface area contributed by atoms with Gasteiger partial charge in [-0.2, -0.15) is 0 Å². The highest BCUT2D eigenvalue weighted by Crippen LogP contribution is 2.09. The maximum atomic E-state index is 11.3. The molecule has 0 saturated carbocycles. The van der Waals surface area contributed by atoms with Crippen LogP contribution in [0, 0.1) is 0 Å². The molecule has 0 saturated heterocycles. The Labute approximate surface area is 80.0 Å². The fraction of sp³-hybridized carbons (Fsp3) is 0.636. The molecule has 0 fully saturated rings. The molecule has 0 rings (SSSR count). The van der Waals surface area contributed by atoms with E-state index >= 15 is 0 Å². The van der Waals surface area contributed by atoms with Gasteiger partial charge in [0.15, 0.2) is 5.78 Å². The van der Waals surface area contributed by atoms with E-state index in [4.69, 9.17) is 0 Å². The van der Waals surface area contributed by atoms with Crippen LogP contribution < -0.4 is 0 Å². The van der Waals surface area contributed by atoms with Crippen molar-refractivity contribution in [2.75, 3.05) is 0 Å². The van der Waals surface area contributed by atoms with Gasteiger partial charge in [-0.25, -0.2) is 0 Å². The molecule has 0 heterocycles. The monoisotopic (exact) mass is 182 g/mol. The summed E-state index contributed by atoms with van der Waals surface area (Å²) in [5.74, 6) is 0.241. The Balaban J connectivity index is 4.36. The van der Waals surface area contributed by atoms with Gasteiger partial charge in [0.25, 0.3) is 0 Å². The Hall–Kier alpha value is -0.920. The molecule has 0 aliphatic carbocycles. The summed E-state index contributed by atoms with van der Waals surface area (Å²) in [6.07, 6.45) is 4.00. The van der Waals surface area contributed by atoms with E-state index in [0.717, 1.165) is 6.42 Å². The lowest BCUT2D eigenvalue weighted by molar-refractivity contribution is -0.120. The number of ketones is 2. The molecule has 0 bridgehead atoms. The van der Waals surface area contributed by atoms with Gasteiger partial charge in [0.05, 0.1) is 0 Å². The molecular weight excluding hydrogens is 164 g/mol. The smallest absolute Gasteiger partial charge is 0.158 e. The molecule has 2 nitrogen and oxygen atoms in total. The average Bonchev–Trinajstić information content (AvgIpc) is 2.15. The summed E-state index contributed by atoms with van der Waals surface area (Å²) in [6.45, 7) is 5.62. The van der Waals surface area contributed by atoms with Gasteiger partial charge in [-0.15, -0.1) is 0 Å². The molecule has 0 aliphatic heterocycles. The van der Waals surface area contributed by atoms with Crippen LogP contribution in [0.3, 0.4) is 0 Å². The molecule has 0 aliphatic rings. The standard InChI is InChI=1S/C11H18O2/c1-4-7-9(11(13)6-3)8-10(12)5-2/h7H,4-6,8H2,1-3H3/b9-7+. The fourth-order valence-corrected chi connectivity index (χ4v) is 1.10. The Morgan fingerprint density at radius 1 is 1.08 bits per heavy atom. The van der Waals surface area contributed by atoms with Crippen molar-refractivity contribution < 1.29 is 9.59 Å². The normalized spacial score (nSPS) is 11.5. The minimum absolute atomic E-state index is 0.101. The first kappa shape index (κ1) is 12.1. The SMILES string of the molecule is CC/C=C(\CC(=O)CC)C(=O)CC. The second-order valence-corrected chi connectivity index (χ2v) is 2.98. The van der Waals surface area contributed by atoms with Crippen molar-refractivity contribution >= 4 is 11.6 Å². The van der Waals surface area contributed by atoms with Crippen LogP contribution in [0.5, 0.6) is 0 Å².